The van der Waals surface area contributed by atoms with Crippen LogP contribution in [0.2, 0.25) is 0 Å². The van der Waals surface area contributed by atoms with Gasteiger partial charge in [0.05, 0.1) is 6.54 Å². The fourth-order valence-corrected chi connectivity index (χ4v) is 2.30. The number of anilines is 1. The van der Waals surface area contributed by atoms with Crippen LogP contribution in [0.5, 0.6) is 5.75 Å². The summed E-state index contributed by atoms with van der Waals surface area (Å²) in [5.41, 5.74) is 3.14. The van der Waals surface area contributed by atoms with Crippen LogP contribution in [0.4, 0.5) is 5.69 Å². The summed E-state index contributed by atoms with van der Waals surface area (Å²) >= 11 is 0. The Morgan fingerprint density at radius 2 is 1.87 bits per heavy atom. The molecule has 0 saturated carbocycles. The number of aryl methyl sites for hydroxylation is 2. The minimum absolute atomic E-state index is 0.0147. The quantitative estimate of drug-likeness (QED) is 0.853. The van der Waals surface area contributed by atoms with Crippen LogP contribution in [0, 0.1) is 13.8 Å². The molecule has 0 fully saturated rings. The topological polar surface area (TPSA) is 41.6 Å². The van der Waals surface area contributed by atoms with Gasteiger partial charge < -0.3 is 10.1 Å². The van der Waals surface area contributed by atoms with Gasteiger partial charge in [-0.2, -0.15) is 0 Å². The first kappa shape index (κ1) is 17.0. The first-order valence-electron chi connectivity index (χ1n) is 7.78. The summed E-state index contributed by atoms with van der Waals surface area (Å²) < 4.78 is 5.64. The molecule has 1 amide bonds. The number of likely N-dealkylation sites (N-methyl/N-ethyl adjacent to an activating group) is 1. The normalized spacial score (nSPS) is 10.6. The van der Waals surface area contributed by atoms with Gasteiger partial charge in [0.15, 0.2) is 0 Å². The number of amides is 1. The average molecular weight is 312 g/mol. The molecule has 0 radical (unpaired) electrons. The van der Waals surface area contributed by atoms with Crippen molar-refractivity contribution >= 4 is 11.6 Å². The number of nitrogens with zero attached hydrogens (tertiary/aromatic N) is 1. The number of nitrogens with one attached hydrogen (secondary N) is 1. The smallest absolute Gasteiger partial charge is 0.238 e. The summed E-state index contributed by atoms with van der Waals surface area (Å²) in [5.74, 6) is 0.833. The zero-order chi connectivity index (χ0) is 16.7. The molecular weight excluding hydrogens is 288 g/mol. The maximum atomic E-state index is 12.1. The van der Waals surface area contributed by atoms with Crippen LogP contribution in [0.25, 0.3) is 0 Å². The summed E-state index contributed by atoms with van der Waals surface area (Å²) in [6.07, 6.45) is 0. The number of rotatable bonds is 7. The third kappa shape index (κ3) is 5.75. The van der Waals surface area contributed by atoms with E-state index in [-0.39, 0.29) is 5.91 Å². The highest BCUT2D eigenvalue weighted by Gasteiger charge is 2.08. The van der Waals surface area contributed by atoms with Crippen molar-refractivity contribution in [2.24, 2.45) is 0 Å². The van der Waals surface area contributed by atoms with Gasteiger partial charge in [0, 0.05) is 12.2 Å². The molecular formula is C19H24N2O2. The standard InChI is InChI=1S/C19H24N2O2/c1-15-9-10-18(16(2)13-15)20-19(22)14-21(3)11-12-23-17-7-5-4-6-8-17/h4-10,13H,11-12,14H2,1-3H3,(H,20,22). The van der Waals surface area contributed by atoms with Gasteiger partial charge in [-0.15, -0.1) is 0 Å². The molecule has 4 nitrogen and oxygen atoms in total. The molecule has 0 aliphatic rings. The number of carbonyl (C=O) groups is 1. The van der Waals surface area contributed by atoms with Crippen molar-refractivity contribution in [3.63, 3.8) is 0 Å². The van der Waals surface area contributed by atoms with E-state index in [0.29, 0.717) is 19.7 Å². The Labute approximate surface area is 138 Å². The first-order chi connectivity index (χ1) is 11.0. The second-order valence-corrected chi connectivity index (χ2v) is 5.77. The fraction of sp³-hybridized carbons (Fsp3) is 0.316. The molecule has 2 aromatic carbocycles. The fourth-order valence-electron chi connectivity index (χ4n) is 2.30. The monoisotopic (exact) mass is 312 g/mol. The average Bonchev–Trinajstić information content (AvgIpc) is 2.51. The third-order valence-corrected chi connectivity index (χ3v) is 3.55. The maximum Gasteiger partial charge on any atom is 0.238 e. The lowest BCUT2D eigenvalue weighted by molar-refractivity contribution is -0.117. The highest BCUT2D eigenvalue weighted by molar-refractivity contribution is 5.92. The van der Waals surface area contributed by atoms with Crippen LogP contribution < -0.4 is 10.1 Å². The van der Waals surface area contributed by atoms with Crippen LogP contribution in [-0.2, 0) is 4.79 Å². The van der Waals surface area contributed by atoms with Crippen LogP contribution in [0.3, 0.4) is 0 Å². The molecule has 2 rings (SSSR count). The Balaban J connectivity index is 1.74. The molecule has 0 heterocycles. The second-order valence-electron chi connectivity index (χ2n) is 5.77. The lowest BCUT2D eigenvalue weighted by atomic mass is 10.1. The lowest BCUT2D eigenvalue weighted by Crippen LogP contribution is -2.33. The van der Waals surface area contributed by atoms with E-state index in [1.54, 1.807) is 0 Å². The molecule has 2 aromatic rings. The van der Waals surface area contributed by atoms with Crippen molar-refractivity contribution in [2.45, 2.75) is 13.8 Å². The molecule has 0 aliphatic heterocycles. The number of hydrogen-bond acceptors (Lipinski definition) is 3. The van der Waals surface area contributed by atoms with Crippen molar-refractivity contribution in [1.82, 2.24) is 4.90 Å². The van der Waals surface area contributed by atoms with Crippen molar-refractivity contribution in [3.8, 4) is 5.75 Å². The minimum Gasteiger partial charge on any atom is -0.492 e. The van der Waals surface area contributed by atoms with E-state index in [1.165, 1.54) is 5.56 Å². The zero-order valence-corrected chi connectivity index (χ0v) is 14.0. The molecule has 0 atom stereocenters. The summed E-state index contributed by atoms with van der Waals surface area (Å²) in [6.45, 7) is 5.62. The van der Waals surface area contributed by atoms with E-state index in [2.05, 4.69) is 11.4 Å². The Hall–Kier alpha value is -2.33. The summed E-state index contributed by atoms with van der Waals surface area (Å²) in [6, 6.07) is 15.7. The van der Waals surface area contributed by atoms with Crippen LogP contribution in [0.15, 0.2) is 48.5 Å². The van der Waals surface area contributed by atoms with Crippen LogP contribution in [0.1, 0.15) is 11.1 Å². The lowest BCUT2D eigenvalue weighted by Gasteiger charge is -2.17. The van der Waals surface area contributed by atoms with Gasteiger partial charge in [0.1, 0.15) is 12.4 Å². The van der Waals surface area contributed by atoms with Gasteiger partial charge in [-0.05, 0) is 44.7 Å². The molecule has 0 aliphatic carbocycles. The van der Waals surface area contributed by atoms with Crippen molar-refractivity contribution < 1.29 is 9.53 Å². The molecule has 0 aromatic heterocycles. The van der Waals surface area contributed by atoms with Gasteiger partial charge in [0.25, 0.3) is 0 Å². The summed E-state index contributed by atoms with van der Waals surface area (Å²) in [5, 5.41) is 2.96. The first-order valence-corrected chi connectivity index (χ1v) is 7.78. The summed E-state index contributed by atoms with van der Waals surface area (Å²) in [7, 11) is 1.91. The molecule has 122 valence electrons. The predicted octanol–water partition coefficient (Wildman–Crippen LogP) is 3.25. The van der Waals surface area contributed by atoms with Gasteiger partial charge in [-0.3, -0.25) is 9.69 Å². The van der Waals surface area contributed by atoms with Gasteiger partial charge in [-0.25, -0.2) is 0 Å². The van der Waals surface area contributed by atoms with Crippen molar-refractivity contribution in [1.29, 1.82) is 0 Å². The van der Waals surface area contributed by atoms with E-state index >= 15 is 0 Å². The van der Waals surface area contributed by atoms with E-state index < -0.39 is 0 Å². The highest BCUT2D eigenvalue weighted by atomic mass is 16.5. The van der Waals surface area contributed by atoms with E-state index in [4.69, 9.17) is 4.74 Å². The van der Waals surface area contributed by atoms with Crippen molar-refractivity contribution in [2.75, 3.05) is 32.1 Å². The van der Waals surface area contributed by atoms with Crippen LogP contribution in [-0.4, -0.2) is 37.6 Å². The number of para-hydroxylation sites is 1. The Morgan fingerprint density at radius 1 is 1.13 bits per heavy atom. The van der Waals surface area contributed by atoms with Gasteiger partial charge >= 0.3 is 0 Å². The van der Waals surface area contributed by atoms with E-state index in [9.17, 15) is 4.79 Å². The zero-order valence-electron chi connectivity index (χ0n) is 14.0. The van der Waals surface area contributed by atoms with E-state index in [0.717, 1.165) is 17.0 Å². The number of hydrogen-bond donors (Lipinski definition) is 1. The van der Waals surface area contributed by atoms with Gasteiger partial charge in [0.2, 0.25) is 5.91 Å². The molecule has 0 bridgehead atoms. The number of carbonyl (C=O) groups excluding carboxylic acids is 1. The molecule has 0 spiro atoms. The largest absolute Gasteiger partial charge is 0.492 e. The number of ether oxygens (including phenoxy) is 1. The molecule has 1 N–H and O–H groups in total. The highest BCUT2D eigenvalue weighted by Crippen LogP contribution is 2.15. The molecule has 0 saturated heterocycles. The van der Waals surface area contributed by atoms with Crippen molar-refractivity contribution in [3.05, 3.63) is 59.7 Å². The Kier molecular flexibility index (Phi) is 6.18. The number of benzene rings is 2. The predicted molar refractivity (Wildman–Crippen MR) is 94.0 cm³/mol. The Bertz CT molecular complexity index is 641. The minimum atomic E-state index is -0.0147. The van der Waals surface area contributed by atoms with Gasteiger partial charge in [-0.1, -0.05) is 35.9 Å². The molecule has 23 heavy (non-hydrogen) atoms. The van der Waals surface area contributed by atoms with E-state index in [1.807, 2.05) is 68.3 Å². The molecule has 0 unspecified atom stereocenters. The third-order valence-electron chi connectivity index (χ3n) is 3.55. The second kappa shape index (κ2) is 8.34. The van der Waals surface area contributed by atoms with Crippen LogP contribution >= 0.6 is 0 Å². The maximum absolute atomic E-state index is 12.1. The summed E-state index contributed by atoms with van der Waals surface area (Å²) in [4.78, 5) is 14.0. The SMILES string of the molecule is Cc1ccc(NC(=O)CN(C)CCOc2ccccc2)c(C)c1. The molecule has 4 heteroatoms. The Morgan fingerprint density at radius 3 is 2.57 bits per heavy atom.